The van der Waals surface area contributed by atoms with Gasteiger partial charge in [0.25, 0.3) is 0 Å². The molecule has 2 unspecified atom stereocenters. The molecule has 5 nitrogen and oxygen atoms in total. The molecule has 0 spiro atoms. The summed E-state index contributed by atoms with van der Waals surface area (Å²) in [6, 6.07) is 12.9. The van der Waals surface area contributed by atoms with E-state index in [1.807, 2.05) is 24.3 Å². The van der Waals surface area contributed by atoms with Gasteiger partial charge >= 0.3 is 0 Å². The Hall–Kier alpha value is -2.99. The molecule has 2 aliphatic rings. The smallest absolute Gasteiger partial charge is 0.170 e. The van der Waals surface area contributed by atoms with Gasteiger partial charge in [-0.1, -0.05) is 30.3 Å². The Labute approximate surface area is 179 Å². The fraction of sp³-hybridized carbons (Fsp3) is 0.360. The lowest BCUT2D eigenvalue weighted by Gasteiger charge is -2.41. The SMILES string of the molecule is CC1c2[nH]c3ccccc3c2C(=O)CC1N1CCC(c2noc3cc(F)ccc23)CC1. The molecule has 6 rings (SSSR count). The molecule has 1 saturated heterocycles. The molecule has 1 aliphatic carbocycles. The largest absolute Gasteiger partial charge is 0.358 e. The second-order valence-corrected chi connectivity index (χ2v) is 8.96. The zero-order valence-electron chi connectivity index (χ0n) is 17.4. The lowest BCUT2D eigenvalue weighted by molar-refractivity contribution is 0.0817. The Kier molecular flexibility index (Phi) is 4.25. The van der Waals surface area contributed by atoms with Crippen LogP contribution in [0.3, 0.4) is 0 Å². The molecular weight excluding hydrogens is 393 g/mol. The number of ketones is 1. The van der Waals surface area contributed by atoms with Crippen molar-refractivity contribution in [2.75, 3.05) is 13.1 Å². The number of aromatic amines is 1. The zero-order chi connectivity index (χ0) is 21.1. The summed E-state index contributed by atoms with van der Waals surface area (Å²) in [6.45, 7) is 4.06. The van der Waals surface area contributed by atoms with E-state index in [1.54, 1.807) is 6.07 Å². The second-order valence-electron chi connectivity index (χ2n) is 8.96. The number of piperidine rings is 1. The number of benzene rings is 2. The number of hydrogen-bond acceptors (Lipinski definition) is 4. The number of likely N-dealkylation sites (tertiary alicyclic amines) is 1. The Bertz CT molecular complexity index is 1300. The number of Topliss-reactive ketones (excluding diaryl/α,β-unsaturated/α-hetero) is 1. The standard InChI is InChI=1S/C25H24FN3O2/c1-14-20(13-21(30)23-17-4-2-3-5-19(17)27-24(14)23)29-10-8-15(9-11-29)25-18-7-6-16(26)12-22(18)31-28-25/h2-7,12,14-15,20,27H,8-11,13H2,1H3. The minimum Gasteiger partial charge on any atom is -0.358 e. The van der Waals surface area contributed by atoms with Gasteiger partial charge in [0, 0.05) is 57.9 Å². The van der Waals surface area contributed by atoms with Crippen LogP contribution in [0.5, 0.6) is 0 Å². The summed E-state index contributed by atoms with van der Waals surface area (Å²) >= 11 is 0. The third-order valence-corrected chi connectivity index (χ3v) is 7.29. The number of hydrogen-bond donors (Lipinski definition) is 1. The van der Waals surface area contributed by atoms with E-state index in [2.05, 4.69) is 22.0 Å². The quantitative estimate of drug-likeness (QED) is 0.475. The van der Waals surface area contributed by atoms with Gasteiger partial charge in [-0.2, -0.15) is 0 Å². The summed E-state index contributed by atoms with van der Waals surface area (Å²) in [5.74, 6) is 0.494. The van der Waals surface area contributed by atoms with Crippen LogP contribution in [0.1, 0.15) is 59.8 Å². The maximum Gasteiger partial charge on any atom is 0.170 e. The molecule has 2 aromatic carbocycles. The fourth-order valence-corrected chi connectivity index (χ4v) is 5.64. The van der Waals surface area contributed by atoms with E-state index >= 15 is 0 Å². The molecule has 4 aromatic rings. The minimum absolute atomic E-state index is 0.206. The van der Waals surface area contributed by atoms with Crippen LogP contribution < -0.4 is 0 Å². The third kappa shape index (κ3) is 2.92. The monoisotopic (exact) mass is 417 g/mol. The van der Waals surface area contributed by atoms with E-state index in [9.17, 15) is 9.18 Å². The molecule has 0 saturated carbocycles. The summed E-state index contributed by atoms with van der Waals surface area (Å²) < 4.78 is 18.8. The number of halogens is 1. The summed E-state index contributed by atoms with van der Waals surface area (Å²) in [7, 11) is 0. The fourth-order valence-electron chi connectivity index (χ4n) is 5.64. The first-order valence-electron chi connectivity index (χ1n) is 11.0. The van der Waals surface area contributed by atoms with Gasteiger partial charge < -0.3 is 9.51 Å². The van der Waals surface area contributed by atoms with Crippen LogP contribution in [0.25, 0.3) is 21.9 Å². The van der Waals surface area contributed by atoms with Crippen molar-refractivity contribution in [1.82, 2.24) is 15.0 Å². The molecule has 0 bridgehead atoms. The van der Waals surface area contributed by atoms with Crippen molar-refractivity contribution >= 4 is 27.7 Å². The molecule has 2 aromatic heterocycles. The predicted octanol–water partition coefficient (Wildman–Crippen LogP) is 5.39. The Morgan fingerprint density at radius 2 is 1.94 bits per heavy atom. The highest BCUT2D eigenvalue weighted by Crippen LogP contribution is 2.40. The summed E-state index contributed by atoms with van der Waals surface area (Å²) in [5, 5.41) is 6.21. The number of carbonyl (C=O) groups is 1. The molecule has 1 N–H and O–H groups in total. The number of H-pyrrole nitrogens is 1. The van der Waals surface area contributed by atoms with Crippen LogP contribution >= 0.6 is 0 Å². The maximum atomic E-state index is 13.5. The van der Waals surface area contributed by atoms with Crippen LogP contribution in [-0.4, -0.2) is 40.0 Å². The summed E-state index contributed by atoms with van der Waals surface area (Å²) in [6.07, 6.45) is 2.47. The number of aromatic nitrogens is 2. The van der Waals surface area contributed by atoms with Crippen molar-refractivity contribution in [2.45, 2.75) is 44.1 Å². The van der Waals surface area contributed by atoms with E-state index in [4.69, 9.17) is 4.52 Å². The van der Waals surface area contributed by atoms with E-state index in [-0.39, 0.29) is 23.6 Å². The van der Waals surface area contributed by atoms with Gasteiger partial charge in [0.05, 0.1) is 5.69 Å². The predicted molar refractivity (Wildman–Crippen MR) is 117 cm³/mol. The highest BCUT2D eigenvalue weighted by Gasteiger charge is 2.39. The first-order valence-corrected chi connectivity index (χ1v) is 11.0. The van der Waals surface area contributed by atoms with E-state index in [0.717, 1.165) is 59.2 Å². The number of nitrogens with one attached hydrogen (secondary N) is 1. The molecule has 6 heteroatoms. The van der Waals surface area contributed by atoms with Crippen molar-refractivity contribution in [1.29, 1.82) is 0 Å². The Balaban J connectivity index is 1.23. The average molecular weight is 417 g/mol. The number of para-hydroxylation sites is 1. The molecule has 2 atom stereocenters. The van der Waals surface area contributed by atoms with Crippen molar-refractivity contribution in [3.05, 3.63) is 65.2 Å². The van der Waals surface area contributed by atoms with Crippen LogP contribution in [0.2, 0.25) is 0 Å². The topological polar surface area (TPSA) is 62.1 Å². The lowest BCUT2D eigenvalue weighted by Crippen LogP contribution is -2.46. The molecule has 31 heavy (non-hydrogen) atoms. The summed E-state index contributed by atoms with van der Waals surface area (Å²) in [5.41, 5.74) is 4.45. The highest BCUT2D eigenvalue weighted by molar-refractivity contribution is 6.10. The van der Waals surface area contributed by atoms with Gasteiger partial charge in [0.15, 0.2) is 11.4 Å². The van der Waals surface area contributed by atoms with Crippen LogP contribution in [0, 0.1) is 5.82 Å². The molecule has 3 heterocycles. The molecule has 1 fully saturated rings. The van der Waals surface area contributed by atoms with E-state index in [0.29, 0.717) is 17.9 Å². The number of nitrogens with zero attached hydrogens (tertiary/aromatic N) is 2. The van der Waals surface area contributed by atoms with Crippen molar-refractivity contribution in [3.63, 3.8) is 0 Å². The van der Waals surface area contributed by atoms with Crippen LogP contribution in [0.15, 0.2) is 47.0 Å². The van der Waals surface area contributed by atoms with Gasteiger partial charge in [-0.15, -0.1) is 0 Å². The first kappa shape index (κ1) is 18.8. The molecule has 0 amide bonds. The van der Waals surface area contributed by atoms with Gasteiger partial charge in [-0.3, -0.25) is 9.69 Å². The van der Waals surface area contributed by atoms with Crippen molar-refractivity contribution < 1.29 is 13.7 Å². The number of rotatable bonds is 2. The zero-order valence-corrected chi connectivity index (χ0v) is 17.4. The maximum absolute atomic E-state index is 13.5. The lowest BCUT2D eigenvalue weighted by atomic mass is 9.80. The van der Waals surface area contributed by atoms with Crippen LogP contribution in [0.4, 0.5) is 4.39 Å². The van der Waals surface area contributed by atoms with Gasteiger partial charge in [-0.25, -0.2) is 4.39 Å². The molecular formula is C25H24FN3O2. The first-order chi connectivity index (χ1) is 15.1. The van der Waals surface area contributed by atoms with Crippen molar-refractivity contribution in [2.24, 2.45) is 0 Å². The Morgan fingerprint density at radius 1 is 1.13 bits per heavy atom. The molecule has 0 radical (unpaired) electrons. The third-order valence-electron chi connectivity index (χ3n) is 7.29. The van der Waals surface area contributed by atoms with E-state index < -0.39 is 0 Å². The normalized spacial score (nSPS) is 23.0. The minimum atomic E-state index is -0.308. The average Bonchev–Trinajstić information content (AvgIpc) is 3.38. The van der Waals surface area contributed by atoms with E-state index in [1.165, 1.54) is 12.1 Å². The summed E-state index contributed by atoms with van der Waals surface area (Å²) in [4.78, 5) is 19.1. The van der Waals surface area contributed by atoms with Gasteiger partial charge in [0.2, 0.25) is 0 Å². The van der Waals surface area contributed by atoms with Crippen molar-refractivity contribution in [3.8, 4) is 0 Å². The number of fused-ring (bicyclic) bond motifs is 4. The highest BCUT2D eigenvalue weighted by atomic mass is 19.1. The molecule has 158 valence electrons. The Morgan fingerprint density at radius 3 is 2.77 bits per heavy atom. The van der Waals surface area contributed by atoms with Gasteiger partial charge in [-0.05, 0) is 44.1 Å². The number of carbonyl (C=O) groups excluding carboxylic acids is 1. The molecule has 1 aliphatic heterocycles. The van der Waals surface area contributed by atoms with Gasteiger partial charge in [0.1, 0.15) is 5.82 Å². The van der Waals surface area contributed by atoms with Crippen LogP contribution in [-0.2, 0) is 0 Å². The second kappa shape index (κ2) is 7.02.